The number of carbonyl (C=O) groups excluding carboxylic acids is 2. The Labute approximate surface area is 136 Å². The van der Waals surface area contributed by atoms with E-state index in [-0.39, 0.29) is 5.69 Å². The van der Waals surface area contributed by atoms with Crippen molar-refractivity contribution >= 4 is 29.2 Å². The molecule has 0 bridgehead atoms. The molecule has 1 aromatic heterocycles. The van der Waals surface area contributed by atoms with Crippen LogP contribution in [0.4, 0.5) is 5.69 Å². The van der Waals surface area contributed by atoms with Crippen LogP contribution in [0.5, 0.6) is 11.5 Å². The van der Waals surface area contributed by atoms with Crippen LogP contribution in [0.25, 0.3) is 0 Å². The second-order valence-corrected chi connectivity index (χ2v) is 5.15. The van der Waals surface area contributed by atoms with E-state index in [2.05, 4.69) is 10.3 Å². The Bertz CT molecular complexity index is 743. The summed E-state index contributed by atoms with van der Waals surface area (Å²) in [6, 6.07) is 6.45. The van der Waals surface area contributed by atoms with E-state index in [9.17, 15) is 9.59 Å². The van der Waals surface area contributed by atoms with E-state index in [0.29, 0.717) is 35.4 Å². The Hall–Kier alpha value is -2.67. The number of hydrogen-bond donors (Lipinski definition) is 2. The van der Waals surface area contributed by atoms with Crippen LogP contribution in [0.1, 0.15) is 10.5 Å². The summed E-state index contributed by atoms with van der Waals surface area (Å²) >= 11 is 5.69. The van der Waals surface area contributed by atoms with Crippen molar-refractivity contribution in [3.63, 3.8) is 0 Å². The maximum Gasteiger partial charge on any atom is 0.355 e. The molecule has 23 heavy (non-hydrogen) atoms. The van der Waals surface area contributed by atoms with Gasteiger partial charge >= 0.3 is 5.97 Å². The summed E-state index contributed by atoms with van der Waals surface area (Å²) in [6.07, 6.45) is 1.45. The minimum absolute atomic E-state index is 0.183. The lowest BCUT2D eigenvalue weighted by molar-refractivity contribution is -0.119. The van der Waals surface area contributed by atoms with E-state index >= 15 is 0 Å². The average molecular weight is 337 g/mol. The van der Waals surface area contributed by atoms with E-state index in [1.807, 2.05) is 0 Å². The van der Waals surface area contributed by atoms with E-state index in [1.165, 1.54) is 12.3 Å². The predicted octanol–water partition coefficient (Wildman–Crippen LogP) is 2.23. The molecule has 1 aliphatic heterocycles. The summed E-state index contributed by atoms with van der Waals surface area (Å²) in [4.78, 5) is 26.1. The van der Waals surface area contributed by atoms with Gasteiger partial charge in [0.05, 0.1) is 5.02 Å². The molecule has 120 valence electrons. The number of aromatic amines is 1. The number of nitrogens with one attached hydrogen (secondary N) is 2. The lowest BCUT2D eigenvalue weighted by Gasteiger charge is -2.18. The molecule has 0 radical (unpaired) electrons. The molecule has 0 unspecified atom stereocenters. The Morgan fingerprint density at radius 1 is 1.22 bits per heavy atom. The fourth-order valence-corrected chi connectivity index (χ4v) is 2.18. The van der Waals surface area contributed by atoms with Gasteiger partial charge in [0.25, 0.3) is 5.91 Å². The topological polar surface area (TPSA) is 89.7 Å². The lowest BCUT2D eigenvalue weighted by atomic mass is 10.2. The first kappa shape index (κ1) is 15.2. The summed E-state index contributed by atoms with van der Waals surface area (Å²) < 4.78 is 15.7. The van der Waals surface area contributed by atoms with E-state index in [4.69, 9.17) is 25.8 Å². The van der Waals surface area contributed by atoms with Crippen molar-refractivity contribution in [3.05, 3.63) is 41.2 Å². The first-order valence-electron chi connectivity index (χ1n) is 6.82. The van der Waals surface area contributed by atoms with Crippen LogP contribution in [-0.2, 0) is 9.53 Å². The predicted molar refractivity (Wildman–Crippen MR) is 82.1 cm³/mol. The second-order valence-electron chi connectivity index (χ2n) is 4.71. The van der Waals surface area contributed by atoms with Gasteiger partial charge in [-0.25, -0.2) is 4.79 Å². The third-order valence-corrected chi connectivity index (χ3v) is 3.25. The summed E-state index contributed by atoms with van der Waals surface area (Å²) in [5.41, 5.74) is 0.709. The van der Waals surface area contributed by atoms with E-state index in [1.54, 1.807) is 18.2 Å². The van der Waals surface area contributed by atoms with Gasteiger partial charge in [-0.1, -0.05) is 11.6 Å². The molecule has 1 aromatic carbocycles. The zero-order valence-electron chi connectivity index (χ0n) is 11.9. The molecule has 2 N–H and O–H groups in total. The van der Waals surface area contributed by atoms with Crippen LogP contribution >= 0.6 is 11.6 Å². The van der Waals surface area contributed by atoms with Gasteiger partial charge in [-0.2, -0.15) is 0 Å². The summed E-state index contributed by atoms with van der Waals surface area (Å²) in [5, 5.41) is 3.00. The molecule has 3 rings (SSSR count). The average Bonchev–Trinajstić information content (AvgIpc) is 2.99. The smallest absolute Gasteiger partial charge is 0.355 e. The van der Waals surface area contributed by atoms with Gasteiger partial charge in [0.1, 0.15) is 18.9 Å². The third-order valence-electron chi connectivity index (χ3n) is 3.03. The molecule has 0 fully saturated rings. The molecule has 2 aromatic rings. The SMILES string of the molecule is O=C(COC(=O)c1cc(Cl)c[nH]1)Nc1ccc2c(c1)OCCO2. The highest BCUT2D eigenvalue weighted by molar-refractivity contribution is 6.30. The molecular formula is C15H13ClN2O5. The minimum atomic E-state index is -0.658. The van der Waals surface area contributed by atoms with Crippen molar-refractivity contribution < 1.29 is 23.8 Å². The monoisotopic (exact) mass is 336 g/mol. The van der Waals surface area contributed by atoms with E-state index < -0.39 is 18.5 Å². The Kier molecular flexibility index (Phi) is 4.38. The highest BCUT2D eigenvalue weighted by atomic mass is 35.5. The molecule has 0 spiro atoms. The number of fused-ring (bicyclic) bond motifs is 1. The van der Waals surface area contributed by atoms with E-state index in [0.717, 1.165) is 0 Å². The van der Waals surface area contributed by atoms with Gasteiger partial charge in [-0.15, -0.1) is 0 Å². The Balaban J connectivity index is 1.54. The molecule has 1 amide bonds. The molecule has 0 saturated heterocycles. The zero-order chi connectivity index (χ0) is 16.2. The number of anilines is 1. The second kappa shape index (κ2) is 6.62. The van der Waals surface area contributed by atoms with Crippen LogP contribution in [-0.4, -0.2) is 36.7 Å². The van der Waals surface area contributed by atoms with Crippen LogP contribution < -0.4 is 14.8 Å². The fraction of sp³-hybridized carbons (Fsp3) is 0.200. The number of hydrogen-bond acceptors (Lipinski definition) is 5. The number of benzene rings is 1. The number of rotatable bonds is 4. The van der Waals surface area contributed by atoms with Crippen LogP contribution in [0.2, 0.25) is 5.02 Å². The van der Waals surface area contributed by atoms with Gasteiger partial charge in [0.15, 0.2) is 18.1 Å². The molecular weight excluding hydrogens is 324 g/mol. The van der Waals surface area contributed by atoms with Gasteiger partial charge in [0, 0.05) is 18.0 Å². The highest BCUT2D eigenvalue weighted by Crippen LogP contribution is 2.32. The number of H-pyrrole nitrogens is 1. The first-order valence-corrected chi connectivity index (χ1v) is 7.20. The molecule has 0 aliphatic carbocycles. The number of aromatic nitrogens is 1. The Morgan fingerprint density at radius 3 is 2.74 bits per heavy atom. The highest BCUT2D eigenvalue weighted by Gasteiger charge is 2.14. The number of carbonyl (C=O) groups is 2. The maximum absolute atomic E-state index is 11.8. The Morgan fingerprint density at radius 2 is 2.00 bits per heavy atom. The standard InChI is InChI=1S/C15H13ClN2O5/c16-9-5-11(17-7-9)15(20)23-8-14(19)18-10-1-2-12-13(6-10)22-4-3-21-12/h1-2,5-7,17H,3-4,8H2,(H,18,19). The molecule has 0 saturated carbocycles. The van der Waals surface area contributed by atoms with Crippen molar-refractivity contribution in [1.82, 2.24) is 4.98 Å². The van der Waals surface area contributed by atoms with Crippen molar-refractivity contribution in [1.29, 1.82) is 0 Å². The third kappa shape index (κ3) is 3.75. The van der Waals surface area contributed by atoms with Gasteiger partial charge in [0.2, 0.25) is 0 Å². The summed E-state index contributed by atoms with van der Waals surface area (Å²) in [7, 11) is 0. The van der Waals surface area contributed by atoms with Crippen molar-refractivity contribution in [2.45, 2.75) is 0 Å². The normalized spacial score (nSPS) is 12.6. The van der Waals surface area contributed by atoms with Crippen LogP contribution in [0.3, 0.4) is 0 Å². The number of halogens is 1. The van der Waals surface area contributed by atoms with Crippen molar-refractivity contribution in [3.8, 4) is 11.5 Å². The molecule has 1 aliphatic rings. The molecule has 0 atom stereocenters. The number of esters is 1. The van der Waals surface area contributed by atoms with Gasteiger partial charge in [-0.3, -0.25) is 4.79 Å². The molecule has 2 heterocycles. The van der Waals surface area contributed by atoms with Crippen LogP contribution in [0, 0.1) is 0 Å². The van der Waals surface area contributed by atoms with Crippen LogP contribution in [0.15, 0.2) is 30.5 Å². The zero-order valence-corrected chi connectivity index (χ0v) is 12.7. The molecule has 7 nitrogen and oxygen atoms in total. The largest absolute Gasteiger partial charge is 0.486 e. The molecule has 8 heteroatoms. The maximum atomic E-state index is 11.8. The number of amides is 1. The minimum Gasteiger partial charge on any atom is -0.486 e. The summed E-state index contributed by atoms with van der Waals surface area (Å²) in [5.74, 6) is 0.0678. The van der Waals surface area contributed by atoms with Gasteiger partial charge < -0.3 is 24.5 Å². The van der Waals surface area contributed by atoms with Gasteiger partial charge in [-0.05, 0) is 18.2 Å². The summed E-state index contributed by atoms with van der Waals surface area (Å²) in [6.45, 7) is 0.544. The number of ether oxygens (including phenoxy) is 3. The lowest BCUT2D eigenvalue weighted by Crippen LogP contribution is -2.21. The first-order chi connectivity index (χ1) is 11.1. The van der Waals surface area contributed by atoms with Crippen molar-refractivity contribution in [2.24, 2.45) is 0 Å². The quantitative estimate of drug-likeness (QED) is 0.836. The fourth-order valence-electron chi connectivity index (χ4n) is 2.01. The van der Waals surface area contributed by atoms with Crippen molar-refractivity contribution in [2.75, 3.05) is 25.1 Å².